The van der Waals surface area contributed by atoms with E-state index in [0.717, 1.165) is 0 Å². The average molecular weight is 356 g/mol. The zero-order chi connectivity index (χ0) is 17.8. The van der Waals surface area contributed by atoms with Gasteiger partial charge in [0.1, 0.15) is 11.4 Å². The summed E-state index contributed by atoms with van der Waals surface area (Å²) in [5, 5.41) is 9.60. The number of nitrogens with one attached hydrogen (secondary N) is 2. The normalized spacial score (nSPS) is 11.8. The third kappa shape index (κ3) is 3.58. The minimum atomic E-state index is -1.20. The van der Waals surface area contributed by atoms with Crippen LogP contribution in [-0.4, -0.2) is 38.7 Å². The van der Waals surface area contributed by atoms with Crippen LogP contribution in [0.3, 0.4) is 0 Å². The molecule has 3 aromatic rings. The molecule has 0 radical (unpaired) electrons. The van der Waals surface area contributed by atoms with Crippen LogP contribution in [0.15, 0.2) is 53.7 Å². The van der Waals surface area contributed by atoms with E-state index in [1.807, 2.05) is 12.1 Å². The summed E-state index contributed by atoms with van der Waals surface area (Å²) < 4.78 is 16.9. The second kappa shape index (κ2) is 7.27. The van der Waals surface area contributed by atoms with Crippen molar-refractivity contribution in [3.05, 3.63) is 54.4 Å². The number of aromatic amines is 1. The number of methoxy groups -OCH3 is 1. The lowest BCUT2D eigenvalue weighted by Gasteiger charge is -2.10. The Morgan fingerprint density at radius 2 is 2.12 bits per heavy atom. The minimum absolute atomic E-state index is 0.295. The van der Waals surface area contributed by atoms with Crippen molar-refractivity contribution in [1.29, 1.82) is 0 Å². The number of anilines is 1. The molecule has 0 saturated carbocycles. The molecule has 2 aromatic heterocycles. The van der Waals surface area contributed by atoms with Gasteiger partial charge in [0.25, 0.3) is 5.91 Å². The van der Waals surface area contributed by atoms with E-state index in [9.17, 15) is 9.00 Å². The number of benzene rings is 1. The number of ether oxygens (including phenoxy) is 1. The molecule has 0 saturated heterocycles. The molecule has 0 fully saturated rings. The molecule has 8 heteroatoms. The van der Waals surface area contributed by atoms with Gasteiger partial charge in [-0.05, 0) is 30.3 Å². The minimum Gasteiger partial charge on any atom is -0.496 e. The van der Waals surface area contributed by atoms with Crippen LogP contribution in [0.25, 0.3) is 11.4 Å². The molecular formula is C17H16N4O3S. The van der Waals surface area contributed by atoms with E-state index in [1.165, 1.54) is 13.3 Å². The van der Waals surface area contributed by atoms with Crippen LogP contribution in [0, 0.1) is 0 Å². The second-order valence-corrected chi connectivity index (χ2v) is 6.52. The van der Waals surface area contributed by atoms with Crippen molar-refractivity contribution in [1.82, 2.24) is 15.2 Å². The average Bonchev–Trinajstić information content (AvgIpc) is 3.09. The molecule has 0 aliphatic rings. The first-order valence-corrected chi connectivity index (χ1v) is 8.93. The first kappa shape index (κ1) is 16.8. The molecule has 3 rings (SSSR count). The summed E-state index contributed by atoms with van der Waals surface area (Å²) in [5.41, 5.74) is 2.05. The molecule has 25 heavy (non-hydrogen) atoms. The number of pyridine rings is 1. The molecule has 2 N–H and O–H groups in total. The van der Waals surface area contributed by atoms with Gasteiger partial charge in [0.05, 0.1) is 30.3 Å². The van der Waals surface area contributed by atoms with Crippen molar-refractivity contribution >= 4 is 22.4 Å². The Morgan fingerprint density at radius 3 is 2.80 bits per heavy atom. The van der Waals surface area contributed by atoms with E-state index in [2.05, 4.69) is 20.5 Å². The Kier molecular flexibility index (Phi) is 4.90. The fourth-order valence-corrected chi connectivity index (χ4v) is 2.86. The number of hydrogen-bond acceptors (Lipinski definition) is 5. The van der Waals surface area contributed by atoms with Gasteiger partial charge in [0, 0.05) is 28.1 Å². The lowest BCUT2D eigenvalue weighted by atomic mass is 10.1. The molecular weight excluding hydrogens is 340 g/mol. The SMILES string of the molecule is COc1ccc(S(C)=O)cc1C(=O)Nc1cn[nH]c1-c1ccccn1. The molecule has 1 amide bonds. The highest BCUT2D eigenvalue weighted by molar-refractivity contribution is 7.84. The Labute approximate surface area is 146 Å². The molecule has 0 spiro atoms. The summed E-state index contributed by atoms with van der Waals surface area (Å²) in [7, 11) is 0.275. The van der Waals surface area contributed by atoms with Gasteiger partial charge in [0.15, 0.2) is 0 Å². The molecule has 0 aliphatic carbocycles. The predicted molar refractivity (Wildman–Crippen MR) is 95.1 cm³/mol. The van der Waals surface area contributed by atoms with Gasteiger partial charge in [-0.25, -0.2) is 0 Å². The van der Waals surface area contributed by atoms with E-state index in [-0.39, 0.29) is 5.91 Å². The quantitative estimate of drug-likeness (QED) is 0.732. The molecule has 128 valence electrons. The maximum atomic E-state index is 12.7. The second-order valence-electron chi connectivity index (χ2n) is 5.14. The van der Waals surface area contributed by atoms with Gasteiger partial charge < -0.3 is 10.1 Å². The smallest absolute Gasteiger partial charge is 0.259 e. The monoisotopic (exact) mass is 356 g/mol. The van der Waals surface area contributed by atoms with Crippen LogP contribution in [0.4, 0.5) is 5.69 Å². The van der Waals surface area contributed by atoms with Gasteiger partial charge in [-0.2, -0.15) is 5.10 Å². The van der Waals surface area contributed by atoms with Crippen molar-refractivity contribution < 1.29 is 13.7 Å². The van der Waals surface area contributed by atoms with E-state index in [0.29, 0.717) is 33.3 Å². The maximum absolute atomic E-state index is 12.7. The van der Waals surface area contributed by atoms with Crippen molar-refractivity contribution in [2.45, 2.75) is 4.90 Å². The third-order valence-corrected chi connectivity index (χ3v) is 4.47. The summed E-state index contributed by atoms with van der Waals surface area (Å²) in [6.07, 6.45) is 4.72. The van der Waals surface area contributed by atoms with Crippen LogP contribution in [-0.2, 0) is 10.8 Å². The fraction of sp³-hybridized carbons (Fsp3) is 0.118. The number of carbonyl (C=O) groups excluding carboxylic acids is 1. The van der Waals surface area contributed by atoms with Gasteiger partial charge >= 0.3 is 0 Å². The Morgan fingerprint density at radius 1 is 1.28 bits per heavy atom. The van der Waals surface area contributed by atoms with E-state index < -0.39 is 10.8 Å². The van der Waals surface area contributed by atoms with Crippen LogP contribution in [0.1, 0.15) is 10.4 Å². The number of aromatic nitrogens is 3. The Hall–Kier alpha value is -3.00. The maximum Gasteiger partial charge on any atom is 0.259 e. The van der Waals surface area contributed by atoms with Gasteiger partial charge in [-0.3, -0.25) is 19.1 Å². The number of amides is 1. The molecule has 2 heterocycles. The molecule has 0 bridgehead atoms. The summed E-state index contributed by atoms with van der Waals surface area (Å²) in [4.78, 5) is 17.5. The molecule has 1 unspecified atom stereocenters. The van der Waals surface area contributed by atoms with Gasteiger partial charge in [0.2, 0.25) is 0 Å². The van der Waals surface area contributed by atoms with Crippen molar-refractivity contribution in [3.63, 3.8) is 0 Å². The fourth-order valence-electron chi connectivity index (χ4n) is 2.32. The summed E-state index contributed by atoms with van der Waals surface area (Å²) in [6, 6.07) is 10.3. The Bertz CT molecular complexity index is 925. The van der Waals surface area contributed by atoms with Crippen LogP contribution in [0.2, 0.25) is 0 Å². The van der Waals surface area contributed by atoms with E-state index in [1.54, 1.807) is 36.7 Å². The highest BCUT2D eigenvalue weighted by Crippen LogP contribution is 2.26. The predicted octanol–water partition coefficient (Wildman–Crippen LogP) is 2.47. The zero-order valence-corrected chi connectivity index (χ0v) is 14.5. The molecule has 0 aliphatic heterocycles. The topological polar surface area (TPSA) is 97.0 Å². The first-order valence-electron chi connectivity index (χ1n) is 7.37. The summed E-state index contributed by atoms with van der Waals surface area (Å²) >= 11 is 0. The lowest BCUT2D eigenvalue weighted by molar-refractivity contribution is 0.102. The van der Waals surface area contributed by atoms with Crippen LogP contribution >= 0.6 is 0 Å². The number of carbonyl (C=O) groups is 1. The lowest BCUT2D eigenvalue weighted by Crippen LogP contribution is -2.14. The number of nitrogens with zero attached hydrogens (tertiary/aromatic N) is 2. The number of rotatable bonds is 5. The molecule has 1 aromatic carbocycles. The largest absolute Gasteiger partial charge is 0.496 e. The van der Waals surface area contributed by atoms with Crippen LogP contribution in [0.5, 0.6) is 5.75 Å². The Balaban J connectivity index is 1.93. The van der Waals surface area contributed by atoms with Gasteiger partial charge in [-0.15, -0.1) is 0 Å². The summed E-state index contributed by atoms with van der Waals surface area (Å²) in [5.74, 6) is 0.0114. The standard InChI is InChI=1S/C17H16N4O3S/c1-24-15-7-6-11(25(2)23)9-12(15)17(22)20-14-10-19-21-16(14)13-5-3-4-8-18-13/h3-10H,1-2H3,(H,19,21)(H,20,22). The highest BCUT2D eigenvalue weighted by atomic mass is 32.2. The van der Waals surface area contributed by atoms with Crippen molar-refractivity contribution in [2.24, 2.45) is 0 Å². The number of H-pyrrole nitrogens is 1. The van der Waals surface area contributed by atoms with E-state index in [4.69, 9.17) is 4.74 Å². The van der Waals surface area contributed by atoms with Crippen LogP contribution < -0.4 is 10.1 Å². The third-order valence-electron chi connectivity index (χ3n) is 3.56. The molecule has 7 nitrogen and oxygen atoms in total. The number of hydrogen-bond donors (Lipinski definition) is 2. The highest BCUT2D eigenvalue weighted by Gasteiger charge is 2.17. The van der Waals surface area contributed by atoms with Crippen molar-refractivity contribution in [2.75, 3.05) is 18.7 Å². The zero-order valence-electron chi connectivity index (χ0n) is 13.6. The van der Waals surface area contributed by atoms with Gasteiger partial charge in [-0.1, -0.05) is 6.07 Å². The summed E-state index contributed by atoms with van der Waals surface area (Å²) in [6.45, 7) is 0. The molecule has 1 atom stereocenters. The van der Waals surface area contributed by atoms with E-state index >= 15 is 0 Å². The van der Waals surface area contributed by atoms with Crippen molar-refractivity contribution in [3.8, 4) is 17.1 Å². The first-order chi connectivity index (χ1) is 12.1.